The van der Waals surface area contributed by atoms with Crippen molar-refractivity contribution in [3.8, 4) is 10.7 Å². The summed E-state index contributed by atoms with van der Waals surface area (Å²) in [6.45, 7) is 2.80. The second-order valence-electron chi connectivity index (χ2n) is 7.04. The minimum Gasteiger partial charge on any atom is -0.287 e. The topological polar surface area (TPSA) is 60.7 Å². The van der Waals surface area contributed by atoms with Crippen LogP contribution in [-0.4, -0.2) is 19.5 Å². The maximum absolute atomic E-state index is 13.3. The fourth-order valence-electron chi connectivity index (χ4n) is 3.71. The van der Waals surface area contributed by atoms with Gasteiger partial charge >= 0.3 is 0 Å². The van der Waals surface area contributed by atoms with E-state index in [1.54, 1.807) is 40.6 Å². The Morgan fingerprint density at radius 3 is 3.00 bits per heavy atom. The van der Waals surface area contributed by atoms with Crippen LogP contribution in [0.4, 0.5) is 0 Å². The van der Waals surface area contributed by atoms with E-state index in [1.165, 1.54) is 10.4 Å². The smallest absolute Gasteiger partial charge is 0.263 e. The highest BCUT2D eigenvalue weighted by Crippen LogP contribution is 2.36. The summed E-state index contributed by atoms with van der Waals surface area (Å²) < 4.78 is 1.87. The summed E-state index contributed by atoms with van der Waals surface area (Å²) in [5, 5.41) is 4.66. The van der Waals surface area contributed by atoms with Crippen molar-refractivity contribution in [3.05, 3.63) is 56.3 Å². The van der Waals surface area contributed by atoms with Crippen LogP contribution >= 0.6 is 34.4 Å². The Morgan fingerprint density at radius 2 is 2.17 bits per heavy atom. The Kier molecular flexibility index (Phi) is 5.24. The van der Waals surface area contributed by atoms with Crippen LogP contribution in [0.25, 0.3) is 20.9 Å². The van der Waals surface area contributed by atoms with Gasteiger partial charge in [-0.2, -0.15) is 0 Å². The van der Waals surface area contributed by atoms with Crippen molar-refractivity contribution >= 4 is 44.7 Å². The zero-order chi connectivity index (χ0) is 19.8. The van der Waals surface area contributed by atoms with Gasteiger partial charge in [-0.15, -0.1) is 22.7 Å². The Labute approximate surface area is 180 Å². The normalized spacial score (nSPS) is 13.3. The molecule has 148 valence electrons. The van der Waals surface area contributed by atoms with Crippen molar-refractivity contribution < 1.29 is 0 Å². The van der Waals surface area contributed by atoms with Crippen molar-refractivity contribution in [2.45, 2.75) is 50.1 Å². The minimum atomic E-state index is 0.131. The molecule has 0 saturated heterocycles. The third-order valence-electron chi connectivity index (χ3n) is 5.02. The lowest BCUT2D eigenvalue weighted by Gasteiger charge is -2.11. The number of aromatic nitrogens is 4. The highest BCUT2D eigenvalue weighted by atomic mass is 32.2. The van der Waals surface area contributed by atoms with Gasteiger partial charge in [0.1, 0.15) is 9.84 Å². The fourth-order valence-corrected chi connectivity index (χ4v) is 6.83. The second-order valence-corrected chi connectivity index (χ2v) is 9.92. The van der Waals surface area contributed by atoms with Crippen LogP contribution in [0.2, 0.25) is 0 Å². The van der Waals surface area contributed by atoms with Gasteiger partial charge in [0.15, 0.2) is 5.16 Å². The summed E-state index contributed by atoms with van der Waals surface area (Å²) in [6, 6.07) is 5.85. The maximum Gasteiger partial charge on any atom is 0.263 e. The van der Waals surface area contributed by atoms with Crippen LogP contribution in [-0.2, 0) is 25.1 Å². The lowest BCUT2D eigenvalue weighted by atomic mass is 10.2. The molecule has 0 amide bonds. The number of thioether (sulfide) groups is 1. The average Bonchev–Trinajstić information content (AvgIpc) is 3.45. The quantitative estimate of drug-likeness (QED) is 0.306. The first-order valence-electron chi connectivity index (χ1n) is 9.78. The molecule has 0 radical (unpaired) electrons. The number of fused-ring (bicyclic) bond motifs is 3. The fraction of sp³-hybridized carbons (Fsp3) is 0.333. The lowest BCUT2D eigenvalue weighted by Crippen LogP contribution is -2.23. The van der Waals surface area contributed by atoms with Gasteiger partial charge in [0.05, 0.1) is 16.8 Å². The summed E-state index contributed by atoms with van der Waals surface area (Å²) in [4.78, 5) is 29.5. The molecule has 0 unspecified atom stereocenters. The molecule has 0 N–H and O–H groups in total. The molecule has 1 aliphatic rings. The van der Waals surface area contributed by atoms with E-state index in [9.17, 15) is 4.79 Å². The van der Waals surface area contributed by atoms with Gasteiger partial charge in [-0.1, -0.05) is 24.8 Å². The standard InChI is InChI=1S/C21H20N4OS3/c1-2-10-25-20(26)17-14-6-5-8-16(14)29-19(17)24-21(25)28-12-13-11-27-18(23-13)15-7-3-4-9-22-15/h3-4,7,9,11H,2,5-6,8,10,12H2,1H3. The van der Waals surface area contributed by atoms with Gasteiger partial charge in [-0.3, -0.25) is 14.3 Å². The van der Waals surface area contributed by atoms with Crippen molar-refractivity contribution in [3.63, 3.8) is 0 Å². The highest BCUT2D eigenvalue weighted by Gasteiger charge is 2.23. The zero-order valence-electron chi connectivity index (χ0n) is 16.1. The van der Waals surface area contributed by atoms with Crippen molar-refractivity contribution in [2.24, 2.45) is 0 Å². The zero-order valence-corrected chi connectivity index (χ0v) is 18.5. The molecule has 0 aliphatic heterocycles. The van der Waals surface area contributed by atoms with Gasteiger partial charge in [-0.25, -0.2) is 9.97 Å². The molecule has 0 saturated carbocycles. The van der Waals surface area contributed by atoms with E-state index in [4.69, 9.17) is 9.97 Å². The van der Waals surface area contributed by atoms with E-state index >= 15 is 0 Å². The predicted octanol–water partition coefficient (Wildman–Crippen LogP) is 5.17. The third-order valence-corrected chi connectivity index (χ3v) is 8.13. The molecular weight excluding hydrogens is 420 g/mol. The minimum absolute atomic E-state index is 0.131. The van der Waals surface area contributed by atoms with E-state index in [0.29, 0.717) is 12.3 Å². The number of hydrogen-bond donors (Lipinski definition) is 0. The first-order chi connectivity index (χ1) is 14.2. The molecule has 0 aromatic carbocycles. The largest absolute Gasteiger partial charge is 0.287 e. The predicted molar refractivity (Wildman–Crippen MR) is 121 cm³/mol. The van der Waals surface area contributed by atoms with Crippen molar-refractivity contribution in [1.29, 1.82) is 0 Å². The average molecular weight is 441 g/mol. The number of thiophene rings is 1. The van der Waals surface area contributed by atoms with Crippen molar-refractivity contribution in [1.82, 2.24) is 19.5 Å². The van der Waals surface area contributed by atoms with Crippen LogP contribution in [0.3, 0.4) is 0 Å². The molecule has 1 aliphatic carbocycles. The number of hydrogen-bond acceptors (Lipinski definition) is 7. The molecule has 29 heavy (non-hydrogen) atoms. The first kappa shape index (κ1) is 19.0. The Balaban J connectivity index is 1.45. The number of rotatable bonds is 6. The van der Waals surface area contributed by atoms with E-state index in [1.807, 2.05) is 22.8 Å². The summed E-state index contributed by atoms with van der Waals surface area (Å²) in [6.07, 6.45) is 5.95. The monoisotopic (exact) mass is 440 g/mol. The number of aryl methyl sites for hydroxylation is 2. The van der Waals surface area contributed by atoms with Gasteiger partial charge in [0.2, 0.25) is 0 Å². The number of thiazole rings is 1. The molecule has 0 atom stereocenters. The van der Waals surface area contributed by atoms with Gasteiger partial charge in [0.25, 0.3) is 5.56 Å². The Hall–Kier alpha value is -2.03. The molecule has 5 rings (SSSR count). The lowest BCUT2D eigenvalue weighted by molar-refractivity contribution is 0.585. The molecule has 4 aromatic heterocycles. The van der Waals surface area contributed by atoms with Crippen LogP contribution in [0.15, 0.2) is 39.7 Å². The summed E-state index contributed by atoms with van der Waals surface area (Å²) in [5.74, 6) is 0.691. The summed E-state index contributed by atoms with van der Waals surface area (Å²) in [7, 11) is 0. The summed E-state index contributed by atoms with van der Waals surface area (Å²) in [5.41, 5.74) is 3.27. The maximum atomic E-state index is 13.3. The van der Waals surface area contributed by atoms with Gasteiger partial charge < -0.3 is 0 Å². The van der Waals surface area contributed by atoms with Crippen molar-refractivity contribution in [2.75, 3.05) is 0 Å². The molecule has 4 heterocycles. The second kappa shape index (κ2) is 8.01. The number of pyridine rings is 1. The van der Waals surface area contributed by atoms with E-state index in [-0.39, 0.29) is 5.56 Å². The molecule has 4 aromatic rings. The molecular formula is C21H20N4OS3. The van der Waals surface area contributed by atoms with E-state index < -0.39 is 0 Å². The molecule has 5 nitrogen and oxygen atoms in total. The SMILES string of the molecule is CCCn1c(SCc2csc(-c3ccccn3)n2)nc2sc3c(c2c1=O)CCC3. The third kappa shape index (κ3) is 3.53. The van der Waals surface area contributed by atoms with Crippen LogP contribution in [0.5, 0.6) is 0 Å². The highest BCUT2D eigenvalue weighted by molar-refractivity contribution is 7.98. The summed E-state index contributed by atoms with van der Waals surface area (Å²) >= 11 is 4.91. The first-order valence-corrected chi connectivity index (χ1v) is 12.5. The Morgan fingerprint density at radius 1 is 1.24 bits per heavy atom. The molecule has 0 fully saturated rings. The van der Waals surface area contributed by atoms with Crippen LogP contribution < -0.4 is 5.56 Å². The van der Waals surface area contributed by atoms with Crippen LogP contribution in [0, 0.1) is 0 Å². The van der Waals surface area contributed by atoms with Gasteiger partial charge in [-0.05, 0) is 43.4 Å². The Bertz CT molecular complexity index is 1230. The number of nitrogens with zero attached hydrogens (tertiary/aromatic N) is 4. The van der Waals surface area contributed by atoms with E-state index in [0.717, 1.165) is 57.5 Å². The molecule has 8 heteroatoms. The molecule has 0 spiro atoms. The van der Waals surface area contributed by atoms with E-state index in [2.05, 4.69) is 17.3 Å². The van der Waals surface area contributed by atoms with Gasteiger partial charge in [0, 0.05) is 28.8 Å². The molecule has 0 bridgehead atoms. The van der Waals surface area contributed by atoms with Crippen LogP contribution in [0.1, 0.15) is 35.9 Å².